The summed E-state index contributed by atoms with van der Waals surface area (Å²) in [6.45, 7) is 2.37. The Hall–Kier alpha value is -1.69. The molecule has 3 rings (SSSR count). The molecule has 6 heteroatoms. The summed E-state index contributed by atoms with van der Waals surface area (Å²) in [6.07, 6.45) is 1.86. The van der Waals surface area contributed by atoms with Crippen LogP contribution in [0.2, 0.25) is 0 Å². The number of carbonyl (C=O) groups excluding carboxylic acids is 2. The maximum absolute atomic E-state index is 12.3. The van der Waals surface area contributed by atoms with Gasteiger partial charge in [0.1, 0.15) is 12.3 Å². The van der Waals surface area contributed by atoms with Gasteiger partial charge in [0.15, 0.2) is 0 Å². The number of amides is 2. The van der Waals surface area contributed by atoms with Crippen molar-refractivity contribution in [3.63, 3.8) is 0 Å². The van der Waals surface area contributed by atoms with Gasteiger partial charge in [0, 0.05) is 25.4 Å². The van der Waals surface area contributed by atoms with Gasteiger partial charge in [0.25, 0.3) is 5.24 Å². The maximum atomic E-state index is 12.3. The van der Waals surface area contributed by atoms with Gasteiger partial charge in [0.05, 0.1) is 0 Å². The molecule has 0 bridgehead atoms. The molecule has 0 saturated carbocycles. The second-order valence-electron chi connectivity index (χ2n) is 5.78. The topological polar surface area (TPSA) is 60.9 Å². The average molecular weight is 320 g/mol. The standard InChI is InChI=1S/C16H20N2O3S/c19-14-3-1-12(2-4-14)13-5-7-17(8-6-13)15(20)11-18-9-10-22-16(18)21/h1-4,13,19H,5-11H2. The number of aromatic hydroxyl groups is 1. The summed E-state index contributed by atoms with van der Waals surface area (Å²) in [4.78, 5) is 27.3. The van der Waals surface area contributed by atoms with Crippen molar-refractivity contribution in [2.24, 2.45) is 0 Å². The summed E-state index contributed by atoms with van der Waals surface area (Å²) < 4.78 is 0. The fraction of sp³-hybridized carbons (Fsp3) is 0.500. The van der Waals surface area contributed by atoms with E-state index in [0.717, 1.165) is 31.7 Å². The van der Waals surface area contributed by atoms with Crippen LogP contribution >= 0.6 is 11.8 Å². The molecule has 2 aliphatic rings. The van der Waals surface area contributed by atoms with Crippen molar-refractivity contribution in [1.29, 1.82) is 0 Å². The lowest BCUT2D eigenvalue weighted by Crippen LogP contribution is -2.44. The minimum absolute atomic E-state index is 0.0207. The first kappa shape index (κ1) is 15.2. The Morgan fingerprint density at radius 1 is 1.18 bits per heavy atom. The molecule has 22 heavy (non-hydrogen) atoms. The zero-order valence-electron chi connectivity index (χ0n) is 12.4. The Labute approximate surface area is 134 Å². The number of benzene rings is 1. The molecule has 0 spiro atoms. The number of piperidine rings is 1. The fourth-order valence-electron chi connectivity index (χ4n) is 3.04. The predicted molar refractivity (Wildman–Crippen MR) is 86.1 cm³/mol. The zero-order valence-corrected chi connectivity index (χ0v) is 13.2. The average Bonchev–Trinajstić information content (AvgIpc) is 2.93. The van der Waals surface area contributed by atoms with Crippen molar-refractivity contribution in [3.8, 4) is 5.75 Å². The fourth-order valence-corrected chi connectivity index (χ4v) is 3.87. The zero-order chi connectivity index (χ0) is 15.5. The highest BCUT2D eigenvalue weighted by Crippen LogP contribution is 2.29. The van der Waals surface area contributed by atoms with Crippen molar-refractivity contribution in [3.05, 3.63) is 29.8 Å². The number of likely N-dealkylation sites (tertiary alicyclic amines) is 1. The van der Waals surface area contributed by atoms with E-state index < -0.39 is 0 Å². The van der Waals surface area contributed by atoms with Crippen LogP contribution in [0.1, 0.15) is 24.3 Å². The van der Waals surface area contributed by atoms with Crippen LogP contribution < -0.4 is 0 Å². The normalized spacial score (nSPS) is 19.7. The first-order valence-corrected chi connectivity index (χ1v) is 8.60. The highest BCUT2D eigenvalue weighted by Gasteiger charge is 2.28. The third kappa shape index (κ3) is 3.38. The number of thioether (sulfide) groups is 1. The summed E-state index contributed by atoms with van der Waals surface area (Å²) >= 11 is 1.29. The molecule has 2 heterocycles. The number of carbonyl (C=O) groups is 2. The summed E-state index contributed by atoms with van der Waals surface area (Å²) in [5.41, 5.74) is 1.22. The van der Waals surface area contributed by atoms with Gasteiger partial charge in [-0.25, -0.2) is 0 Å². The van der Waals surface area contributed by atoms with E-state index >= 15 is 0 Å². The van der Waals surface area contributed by atoms with Crippen LogP contribution in [0.5, 0.6) is 5.75 Å². The minimum atomic E-state index is 0.0207. The number of phenols is 1. The Morgan fingerprint density at radius 2 is 1.86 bits per heavy atom. The Kier molecular flexibility index (Phi) is 4.57. The predicted octanol–water partition coefficient (Wildman–Crippen LogP) is 2.27. The van der Waals surface area contributed by atoms with Crippen LogP contribution in [0.25, 0.3) is 0 Å². The number of hydrogen-bond donors (Lipinski definition) is 1. The van der Waals surface area contributed by atoms with E-state index in [4.69, 9.17) is 0 Å². The Bertz CT molecular complexity index is 553. The largest absolute Gasteiger partial charge is 0.508 e. The van der Waals surface area contributed by atoms with Gasteiger partial charge < -0.3 is 14.9 Å². The van der Waals surface area contributed by atoms with Crippen LogP contribution in [0.3, 0.4) is 0 Å². The van der Waals surface area contributed by atoms with Gasteiger partial charge in [0.2, 0.25) is 5.91 Å². The Morgan fingerprint density at radius 3 is 2.45 bits per heavy atom. The smallest absolute Gasteiger partial charge is 0.282 e. The monoisotopic (exact) mass is 320 g/mol. The molecule has 0 unspecified atom stereocenters. The second-order valence-corrected chi connectivity index (χ2v) is 6.83. The number of rotatable bonds is 3. The van der Waals surface area contributed by atoms with Crippen LogP contribution in [0.15, 0.2) is 24.3 Å². The van der Waals surface area contributed by atoms with E-state index in [9.17, 15) is 14.7 Å². The third-order valence-electron chi connectivity index (χ3n) is 4.38. The Balaban J connectivity index is 1.51. The summed E-state index contributed by atoms with van der Waals surface area (Å²) in [7, 11) is 0. The molecule has 0 radical (unpaired) electrons. The molecule has 2 aliphatic heterocycles. The molecule has 2 fully saturated rings. The highest BCUT2D eigenvalue weighted by molar-refractivity contribution is 8.13. The molecular weight excluding hydrogens is 300 g/mol. The molecule has 1 aromatic carbocycles. The van der Waals surface area contributed by atoms with Crippen molar-refractivity contribution in [2.45, 2.75) is 18.8 Å². The number of hydrogen-bond acceptors (Lipinski definition) is 4. The lowest BCUT2D eigenvalue weighted by atomic mass is 9.89. The lowest BCUT2D eigenvalue weighted by Gasteiger charge is -2.33. The molecule has 2 saturated heterocycles. The molecule has 2 amide bonds. The van der Waals surface area contributed by atoms with Crippen LogP contribution in [-0.4, -0.2) is 58.0 Å². The third-order valence-corrected chi connectivity index (χ3v) is 5.28. The van der Waals surface area contributed by atoms with Crippen molar-refractivity contribution >= 4 is 22.9 Å². The van der Waals surface area contributed by atoms with E-state index in [0.29, 0.717) is 12.5 Å². The van der Waals surface area contributed by atoms with Crippen molar-refractivity contribution in [1.82, 2.24) is 9.80 Å². The van der Waals surface area contributed by atoms with Gasteiger partial charge in [-0.1, -0.05) is 23.9 Å². The second kappa shape index (κ2) is 6.60. The SMILES string of the molecule is O=C(CN1CCSC1=O)N1CCC(c2ccc(O)cc2)CC1. The van der Waals surface area contributed by atoms with E-state index in [1.165, 1.54) is 17.3 Å². The quantitative estimate of drug-likeness (QED) is 0.928. The van der Waals surface area contributed by atoms with Gasteiger partial charge in [-0.3, -0.25) is 9.59 Å². The van der Waals surface area contributed by atoms with Crippen LogP contribution in [0.4, 0.5) is 4.79 Å². The molecule has 1 N–H and O–H groups in total. The van der Waals surface area contributed by atoms with Crippen molar-refractivity contribution < 1.29 is 14.7 Å². The van der Waals surface area contributed by atoms with Crippen molar-refractivity contribution in [2.75, 3.05) is 31.9 Å². The first-order chi connectivity index (χ1) is 10.6. The summed E-state index contributed by atoms with van der Waals surface area (Å²) in [5.74, 6) is 1.56. The first-order valence-electron chi connectivity index (χ1n) is 7.62. The van der Waals surface area contributed by atoms with Gasteiger partial charge in [-0.05, 0) is 36.5 Å². The maximum Gasteiger partial charge on any atom is 0.282 e. The van der Waals surface area contributed by atoms with E-state index in [-0.39, 0.29) is 23.4 Å². The highest BCUT2D eigenvalue weighted by atomic mass is 32.2. The van der Waals surface area contributed by atoms with E-state index in [1.54, 1.807) is 17.0 Å². The van der Waals surface area contributed by atoms with Crippen LogP contribution in [0, 0.1) is 0 Å². The molecule has 0 aromatic heterocycles. The molecular formula is C16H20N2O3S. The lowest BCUT2D eigenvalue weighted by molar-refractivity contribution is -0.132. The molecule has 5 nitrogen and oxygen atoms in total. The molecule has 118 valence electrons. The van der Waals surface area contributed by atoms with Gasteiger partial charge >= 0.3 is 0 Å². The van der Waals surface area contributed by atoms with Crippen LogP contribution in [-0.2, 0) is 4.79 Å². The molecule has 0 atom stereocenters. The molecule has 0 aliphatic carbocycles. The summed E-state index contributed by atoms with van der Waals surface area (Å²) in [6, 6.07) is 7.34. The number of phenolic OH excluding ortho intramolecular Hbond substituents is 1. The number of nitrogens with zero attached hydrogens (tertiary/aromatic N) is 2. The van der Waals surface area contributed by atoms with Gasteiger partial charge in [-0.15, -0.1) is 0 Å². The van der Waals surface area contributed by atoms with Gasteiger partial charge in [-0.2, -0.15) is 0 Å². The van der Waals surface area contributed by atoms with E-state index in [2.05, 4.69) is 0 Å². The summed E-state index contributed by atoms with van der Waals surface area (Å²) in [5, 5.41) is 9.36. The minimum Gasteiger partial charge on any atom is -0.508 e. The van der Waals surface area contributed by atoms with E-state index in [1.807, 2.05) is 17.0 Å². The molecule has 1 aromatic rings.